The van der Waals surface area contributed by atoms with Crippen LogP contribution in [0.1, 0.15) is 34.2 Å². The molecule has 2 rings (SSSR count). The number of esters is 1. The molecule has 0 saturated heterocycles. The van der Waals surface area contributed by atoms with Gasteiger partial charge in [0, 0.05) is 17.0 Å². The fourth-order valence-electron chi connectivity index (χ4n) is 2.07. The third-order valence-electron chi connectivity index (χ3n) is 3.03. The second kappa shape index (κ2) is 5.28. The highest BCUT2D eigenvalue weighted by Crippen LogP contribution is 2.18. The van der Waals surface area contributed by atoms with Gasteiger partial charge in [-0.05, 0) is 20.8 Å². The molecular weight excluding hydrogens is 262 g/mol. The summed E-state index contributed by atoms with van der Waals surface area (Å²) in [5.41, 5.74) is 2.49. The first-order valence-corrected chi connectivity index (χ1v) is 6.18. The van der Waals surface area contributed by atoms with Crippen LogP contribution in [0.25, 0.3) is 5.65 Å². The maximum Gasteiger partial charge on any atom is 0.343 e. The van der Waals surface area contributed by atoms with E-state index in [0.717, 1.165) is 0 Å². The number of ether oxygens (including phenoxy) is 1. The van der Waals surface area contributed by atoms with Crippen molar-refractivity contribution < 1.29 is 19.4 Å². The number of aliphatic carboxylic acids is 1. The van der Waals surface area contributed by atoms with Gasteiger partial charge in [0.05, 0.1) is 19.2 Å². The number of carbonyl (C=O) groups is 2. The lowest BCUT2D eigenvalue weighted by molar-refractivity contribution is -0.136. The summed E-state index contributed by atoms with van der Waals surface area (Å²) in [7, 11) is 0. The number of carboxylic acids is 1. The maximum atomic E-state index is 11.8. The Morgan fingerprint density at radius 2 is 2.10 bits per heavy atom. The summed E-state index contributed by atoms with van der Waals surface area (Å²) in [5, 5.41) is 13.0. The van der Waals surface area contributed by atoms with E-state index in [1.54, 1.807) is 20.8 Å². The van der Waals surface area contributed by atoms with Gasteiger partial charge in [0.15, 0.2) is 5.65 Å². The smallest absolute Gasteiger partial charge is 0.343 e. The minimum atomic E-state index is -0.935. The standard InChI is InChI=1S/C13H15N3O4/c1-4-20-13(19)10-6-14-16-8(3)9(5-11(17)18)7(2)15-12(10)16/h6H,4-5H2,1-3H3,(H,17,18). The van der Waals surface area contributed by atoms with Crippen molar-refractivity contribution >= 4 is 17.6 Å². The van der Waals surface area contributed by atoms with Crippen LogP contribution in [0.5, 0.6) is 0 Å². The predicted molar refractivity (Wildman–Crippen MR) is 69.8 cm³/mol. The molecule has 0 unspecified atom stereocenters. The molecule has 7 nitrogen and oxygen atoms in total. The Morgan fingerprint density at radius 3 is 2.70 bits per heavy atom. The van der Waals surface area contributed by atoms with Crippen LogP contribution in [0.3, 0.4) is 0 Å². The monoisotopic (exact) mass is 277 g/mol. The van der Waals surface area contributed by atoms with Crippen LogP contribution in [-0.2, 0) is 16.0 Å². The number of aryl methyl sites for hydroxylation is 2. The number of aromatic nitrogens is 3. The molecule has 0 fully saturated rings. The molecule has 0 aliphatic carbocycles. The summed E-state index contributed by atoms with van der Waals surface area (Å²) in [6.45, 7) is 5.46. The summed E-state index contributed by atoms with van der Waals surface area (Å²) >= 11 is 0. The van der Waals surface area contributed by atoms with E-state index in [1.165, 1.54) is 10.7 Å². The highest BCUT2D eigenvalue weighted by atomic mass is 16.5. The Bertz CT molecular complexity index is 690. The van der Waals surface area contributed by atoms with Crippen LogP contribution in [-0.4, -0.2) is 38.3 Å². The van der Waals surface area contributed by atoms with Crippen molar-refractivity contribution in [1.29, 1.82) is 0 Å². The molecule has 20 heavy (non-hydrogen) atoms. The average molecular weight is 277 g/mol. The van der Waals surface area contributed by atoms with E-state index in [1.807, 2.05) is 0 Å². The van der Waals surface area contributed by atoms with E-state index in [2.05, 4.69) is 10.1 Å². The second-order valence-electron chi connectivity index (χ2n) is 4.35. The molecule has 0 aliphatic heterocycles. The van der Waals surface area contributed by atoms with Gasteiger partial charge in [0.25, 0.3) is 0 Å². The Labute approximate surface area is 115 Å². The van der Waals surface area contributed by atoms with Gasteiger partial charge >= 0.3 is 11.9 Å². The third-order valence-corrected chi connectivity index (χ3v) is 3.03. The third kappa shape index (κ3) is 2.34. The van der Waals surface area contributed by atoms with Crippen LogP contribution in [0.15, 0.2) is 6.20 Å². The van der Waals surface area contributed by atoms with E-state index in [-0.39, 0.29) is 18.6 Å². The van der Waals surface area contributed by atoms with Gasteiger partial charge in [0.2, 0.25) is 0 Å². The lowest BCUT2D eigenvalue weighted by atomic mass is 10.1. The number of carboxylic acid groups (broad SMARTS) is 1. The molecule has 0 atom stereocenters. The van der Waals surface area contributed by atoms with Crippen molar-refractivity contribution in [2.75, 3.05) is 6.61 Å². The highest BCUT2D eigenvalue weighted by molar-refractivity contribution is 5.95. The number of fused-ring (bicyclic) bond motifs is 1. The van der Waals surface area contributed by atoms with Gasteiger partial charge in [0.1, 0.15) is 5.56 Å². The molecule has 7 heteroatoms. The molecule has 0 aliphatic rings. The molecular formula is C13H15N3O4. The van der Waals surface area contributed by atoms with Crippen LogP contribution in [0, 0.1) is 13.8 Å². The van der Waals surface area contributed by atoms with Crippen LogP contribution < -0.4 is 0 Å². The Balaban J connectivity index is 2.59. The maximum absolute atomic E-state index is 11.8. The Hall–Kier alpha value is -2.44. The van der Waals surface area contributed by atoms with Crippen molar-refractivity contribution in [3.63, 3.8) is 0 Å². The minimum absolute atomic E-state index is 0.130. The van der Waals surface area contributed by atoms with E-state index < -0.39 is 11.9 Å². The normalized spacial score (nSPS) is 10.8. The summed E-state index contributed by atoms with van der Waals surface area (Å²) in [6.07, 6.45) is 1.26. The SMILES string of the molecule is CCOC(=O)c1cnn2c(C)c(CC(=O)O)c(C)nc12. The van der Waals surface area contributed by atoms with Crippen molar-refractivity contribution in [2.45, 2.75) is 27.2 Å². The Kier molecular flexibility index (Phi) is 3.69. The fraction of sp³-hybridized carbons (Fsp3) is 0.385. The summed E-state index contributed by atoms with van der Waals surface area (Å²) in [5.74, 6) is -1.42. The Morgan fingerprint density at radius 1 is 1.40 bits per heavy atom. The topological polar surface area (TPSA) is 93.8 Å². The number of hydrogen-bond acceptors (Lipinski definition) is 5. The molecule has 106 valence electrons. The first-order valence-electron chi connectivity index (χ1n) is 6.18. The quantitative estimate of drug-likeness (QED) is 0.842. The van der Waals surface area contributed by atoms with Crippen molar-refractivity contribution in [3.05, 3.63) is 28.7 Å². The summed E-state index contributed by atoms with van der Waals surface area (Å²) in [6, 6.07) is 0. The number of hydrogen-bond donors (Lipinski definition) is 1. The van der Waals surface area contributed by atoms with E-state index in [9.17, 15) is 9.59 Å². The number of carbonyl (C=O) groups excluding carboxylic acids is 1. The molecule has 2 aromatic rings. The van der Waals surface area contributed by atoms with Crippen molar-refractivity contribution in [2.24, 2.45) is 0 Å². The zero-order chi connectivity index (χ0) is 14.9. The summed E-state index contributed by atoms with van der Waals surface area (Å²) < 4.78 is 6.41. The van der Waals surface area contributed by atoms with Gasteiger partial charge < -0.3 is 9.84 Å². The van der Waals surface area contributed by atoms with Crippen LogP contribution in [0.4, 0.5) is 0 Å². The molecule has 0 radical (unpaired) electrons. The van der Waals surface area contributed by atoms with Crippen molar-refractivity contribution in [1.82, 2.24) is 14.6 Å². The average Bonchev–Trinajstić information content (AvgIpc) is 2.78. The highest BCUT2D eigenvalue weighted by Gasteiger charge is 2.19. The molecule has 0 bridgehead atoms. The molecule has 0 amide bonds. The largest absolute Gasteiger partial charge is 0.481 e. The zero-order valence-electron chi connectivity index (χ0n) is 11.5. The summed E-state index contributed by atoms with van der Waals surface area (Å²) in [4.78, 5) is 27.0. The van der Waals surface area contributed by atoms with Gasteiger partial charge in [-0.25, -0.2) is 14.3 Å². The van der Waals surface area contributed by atoms with E-state index in [4.69, 9.17) is 9.84 Å². The first kappa shape index (κ1) is 14.0. The molecule has 2 heterocycles. The predicted octanol–water partition coefficient (Wildman–Crippen LogP) is 1.15. The lowest BCUT2D eigenvalue weighted by Gasteiger charge is -2.09. The fourth-order valence-corrected chi connectivity index (χ4v) is 2.07. The molecule has 0 saturated carbocycles. The van der Waals surface area contributed by atoms with Gasteiger partial charge in [-0.1, -0.05) is 0 Å². The van der Waals surface area contributed by atoms with E-state index >= 15 is 0 Å². The number of rotatable bonds is 4. The van der Waals surface area contributed by atoms with Gasteiger partial charge in [-0.3, -0.25) is 4.79 Å². The molecule has 0 aromatic carbocycles. The lowest BCUT2D eigenvalue weighted by Crippen LogP contribution is -2.11. The number of nitrogens with zero attached hydrogens (tertiary/aromatic N) is 3. The van der Waals surface area contributed by atoms with Gasteiger partial charge in [-0.15, -0.1) is 0 Å². The second-order valence-corrected chi connectivity index (χ2v) is 4.35. The first-order chi connectivity index (χ1) is 9.45. The van der Waals surface area contributed by atoms with E-state index in [0.29, 0.717) is 22.6 Å². The molecule has 2 aromatic heterocycles. The molecule has 1 N–H and O–H groups in total. The van der Waals surface area contributed by atoms with Gasteiger partial charge in [-0.2, -0.15) is 5.10 Å². The minimum Gasteiger partial charge on any atom is -0.481 e. The van der Waals surface area contributed by atoms with Crippen LogP contribution >= 0.6 is 0 Å². The zero-order valence-corrected chi connectivity index (χ0v) is 11.5. The van der Waals surface area contributed by atoms with Crippen LogP contribution in [0.2, 0.25) is 0 Å². The van der Waals surface area contributed by atoms with Crippen molar-refractivity contribution in [3.8, 4) is 0 Å². The molecule has 0 spiro atoms.